The highest BCUT2D eigenvalue weighted by Gasteiger charge is 2.08. The van der Waals surface area contributed by atoms with E-state index < -0.39 is 0 Å². The molecule has 0 unspecified atom stereocenters. The number of carbonyl (C=O) groups excluding carboxylic acids is 1. The van der Waals surface area contributed by atoms with Gasteiger partial charge in [0.1, 0.15) is 22.9 Å². The van der Waals surface area contributed by atoms with Crippen LogP contribution in [0, 0.1) is 0 Å². The summed E-state index contributed by atoms with van der Waals surface area (Å²) in [5.74, 6) is 1.03. The van der Waals surface area contributed by atoms with Crippen LogP contribution in [0.3, 0.4) is 0 Å². The molecule has 5 aromatic rings. The fourth-order valence-corrected chi connectivity index (χ4v) is 3.88. The molecule has 3 aromatic heterocycles. The summed E-state index contributed by atoms with van der Waals surface area (Å²) in [6.07, 6.45) is 4.62. The third-order valence-electron chi connectivity index (χ3n) is 4.44. The molecular formula is C22H14ClN5O2S. The number of carbonyl (C=O) groups is 1. The summed E-state index contributed by atoms with van der Waals surface area (Å²) in [5, 5.41) is 16.5. The van der Waals surface area contributed by atoms with Crippen LogP contribution in [0.5, 0.6) is 0 Å². The number of aromatic nitrogens is 4. The molecule has 0 saturated heterocycles. The molecule has 31 heavy (non-hydrogen) atoms. The van der Waals surface area contributed by atoms with Crippen molar-refractivity contribution in [3.8, 4) is 21.9 Å². The standard InChI is InChI=1S/C22H14ClN5O2S/c23-16-5-1-14(2-6-16)19-11-9-18(30-19)10-12-20(29)25-17-7-3-15(4-8-17)21-27-28-13-24-26-22(28)31-21/h1-13H,(H,25,29). The molecule has 7 nitrogen and oxygen atoms in total. The first-order valence-corrected chi connectivity index (χ1v) is 10.5. The summed E-state index contributed by atoms with van der Waals surface area (Å²) in [4.78, 5) is 13.0. The quantitative estimate of drug-likeness (QED) is 0.364. The van der Waals surface area contributed by atoms with Gasteiger partial charge >= 0.3 is 0 Å². The highest BCUT2D eigenvalue weighted by Crippen LogP contribution is 2.26. The van der Waals surface area contributed by atoms with Crippen LogP contribution in [0.25, 0.3) is 32.9 Å². The van der Waals surface area contributed by atoms with Crippen molar-refractivity contribution in [3.05, 3.63) is 83.8 Å². The van der Waals surface area contributed by atoms with Gasteiger partial charge in [0.25, 0.3) is 0 Å². The third-order valence-corrected chi connectivity index (χ3v) is 5.65. The Bertz CT molecular complexity index is 1360. The van der Waals surface area contributed by atoms with Gasteiger partial charge in [0.05, 0.1) is 0 Å². The minimum atomic E-state index is -0.254. The molecule has 5 rings (SSSR count). The van der Waals surface area contributed by atoms with Crippen molar-refractivity contribution in [1.29, 1.82) is 0 Å². The van der Waals surface area contributed by atoms with Crippen LogP contribution in [0.2, 0.25) is 5.02 Å². The summed E-state index contributed by atoms with van der Waals surface area (Å²) in [6.45, 7) is 0. The molecule has 0 saturated carbocycles. The van der Waals surface area contributed by atoms with Gasteiger partial charge in [0.15, 0.2) is 0 Å². The monoisotopic (exact) mass is 447 g/mol. The summed E-state index contributed by atoms with van der Waals surface area (Å²) < 4.78 is 7.40. The molecule has 0 radical (unpaired) electrons. The van der Waals surface area contributed by atoms with Crippen molar-refractivity contribution in [2.45, 2.75) is 0 Å². The normalized spacial score (nSPS) is 11.4. The molecule has 9 heteroatoms. The van der Waals surface area contributed by atoms with Crippen molar-refractivity contribution >= 4 is 45.6 Å². The molecule has 0 fully saturated rings. The second-order valence-corrected chi connectivity index (χ2v) is 7.97. The molecule has 1 amide bonds. The van der Waals surface area contributed by atoms with Gasteiger partial charge in [-0.3, -0.25) is 4.79 Å². The Morgan fingerprint density at radius 1 is 1.03 bits per heavy atom. The Hall–Kier alpha value is -3.75. The first-order valence-electron chi connectivity index (χ1n) is 9.26. The van der Waals surface area contributed by atoms with Crippen molar-refractivity contribution in [2.24, 2.45) is 0 Å². The Kier molecular flexibility index (Phi) is 5.07. The second kappa shape index (κ2) is 8.17. The Balaban J connectivity index is 1.22. The van der Waals surface area contributed by atoms with Crippen LogP contribution in [-0.4, -0.2) is 25.7 Å². The van der Waals surface area contributed by atoms with Crippen molar-refractivity contribution in [2.75, 3.05) is 5.32 Å². The maximum absolute atomic E-state index is 12.3. The van der Waals surface area contributed by atoms with Gasteiger partial charge < -0.3 is 9.73 Å². The number of rotatable bonds is 5. The van der Waals surface area contributed by atoms with Crippen molar-refractivity contribution < 1.29 is 9.21 Å². The van der Waals surface area contributed by atoms with E-state index in [9.17, 15) is 4.79 Å². The van der Waals surface area contributed by atoms with E-state index in [1.54, 1.807) is 29.1 Å². The van der Waals surface area contributed by atoms with Crippen LogP contribution in [0.4, 0.5) is 5.69 Å². The first-order chi connectivity index (χ1) is 15.1. The van der Waals surface area contributed by atoms with E-state index in [-0.39, 0.29) is 5.91 Å². The number of halogens is 1. The highest BCUT2D eigenvalue weighted by atomic mass is 35.5. The molecular weight excluding hydrogens is 434 g/mol. The average Bonchev–Trinajstić information content (AvgIpc) is 3.50. The number of amides is 1. The van der Waals surface area contributed by atoms with Crippen LogP contribution >= 0.6 is 22.9 Å². The molecule has 0 spiro atoms. The topological polar surface area (TPSA) is 85.3 Å². The summed E-state index contributed by atoms with van der Waals surface area (Å²) in [7, 11) is 0. The Morgan fingerprint density at radius 2 is 1.81 bits per heavy atom. The lowest BCUT2D eigenvalue weighted by atomic mass is 10.2. The van der Waals surface area contributed by atoms with Gasteiger partial charge in [-0.2, -0.15) is 9.61 Å². The van der Waals surface area contributed by atoms with Crippen LogP contribution in [0.15, 0.2) is 77.5 Å². The number of hydrogen-bond acceptors (Lipinski definition) is 6. The fourth-order valence-electron chi connectivity index (χ4n) is 2.93. The molecule has 0 aliphatic rings. The predicted octanol–water partition coefficient (Wildman–Crippen LogP) is 5.42. The van der Waals surface area contributed by atoms with E-state index in [0.29, 0.717) is 22.2 Å². The molecule has 152 valence electrons. The minimum Gasteiger partial charge on any atom is -0.457 e. The minimum absolute atomic E-state index is 0.254. The lowest BCUT2D eigenvalue weighted by Gasteiger charge is -2.02. The van der Waals surface area contributed by atoms with Crippen LogP contribution in [0.1, 0.15) is 5.76 Å². The third kappa shape index (κ3) is 4.25. The van der Waals surface area contributed by atoms with Crippen LogP contribution < -0.4 is 5.32 Å². The predicted molar refractivity (Wildman–Crippen MR) is 121 cm³/mol. The molecule has 0 atom stereocenters. The molecule has 0 aliphatic heterocycles. The van der Waals surface area contributed by atoms with Gasteiger partial charge in [-0.05, 0) is 66.7 Å². The van der Waals surface area contributed by atoms with Crippen molar-refractivity contribution in [3.63, 3.8) is 0 Å². The summed E-state index contributed by atoms with van der Waals surface area (Å²) >= 11 is 7.36. The van der Waals surface area contributed by atoms with E-state index in [1.165, 1.54) is 17.4 Å². The first kappa shape index (κ1) is 19.2. The smallest absolute Gasteiger partial charge is 0.248 e. The largest absolute Gasteiger partial charge is 0.457 e. The van der Waals surface area contributed by atoms with Gasteiger partial charge in [-0.25, -0.2) is 0 Å². The van der Waals surface area contributed by atoms with E-state index in [2.05, 4.69) is 20.6 Å². The maximum atomic E-state index is 12.3. The second-order valence-electron chi connectivity index (χ2n) is 6.57. The van der Waals surface area contributed by atoms with E-state index in [0.717, 1.165) is 21.1 Å². The zero-order valence-electron chi connectivity index (χ0n) is 15.9. The Morgan fingerprint density at radius 3 is 2.58 bits per heavy atom. The lowest BCUT2D eigenvalue weighted by Crippen LogP contribution is -2.07. The fraction of sp³-hybridized carbons (Fsp3) is 0. The summed E-state index contributed by atoms with van der Waals surface area (Å²) in [5.41, 5.74) is 2.54. The van der Waals surface area contributed by atoms with E-state index >= 15 is 0 Å². The lowest BCUT2D eigenvalue weighted by molar-refractivity contribution is -0.111. The molecule has 3 heterocycles. The average molecular weight is 448 g/mol. The van der Waals surface area contributed by atoms with Gasteiger partial charge in [0.2, 0.25) is 10.9 Å². The van der Waals surface area contributed by atoms with E-state index in [1.807, 2.05) is 48.5 Å². The number of anilines is 1. The zero-order valence-corrected chi connectivity index (χ0v) is 17.5. The summed E-state index contributed by atoms with van der Waals surface area (Å²) in [6, 6.07) is 18.5. The van der Waals surface area contributed by atoms with Gasteiger partial charge in [-0.15, -0.1) is 10.2 Å². The van der Waals surface area contributed by atoms with Crippen LogP contribution in [-0.2, 0) is 4.79 Å². The molecule has 0 bridgehead atoms. The molecule has 1 N–H and O–H groups in total. The maximum Gasteiger partial charge on any atom is 0.248 e. The zero-order chi connectivity index (χ0) is 21.2. The number of nitrogens with zero attached hydrogens (tertiary/aromatic N) is 4. The Labute approximate surface area is 185 Å². The number of hydrogen-bond donors (Lipinski definition) is 1. The highest BCUT2D eigenvalue weighted by molar-refractivity contribution is 7.19. The molecule has 2 aromatic carbocycles. The number of benzene rings is 2. The SMILES string of the molecule is O=C(C=Cc1ccc(-c2ccc(Cl)cc2)o1)Nc1ccc(-c2nn3cnnc3s2)cc1. The van der Waals surface area contributed by atoms with E-state index in [4.69, 9.17) is 16.0 Å². The molecule has 0 aliphatic carbocycles. The number of nitrogens with one attached hydrogen (secondary N) is 1. The van der Waals surface area contributed by atoms with Gasteiger partial charge in [-0.1, -0.05) is 22.9 Å². The number of fused-ring (bicyclic) bond motifs is 1. The van der Waals surface area contributed by atoms with Crippen molar-refractivity contribution in [1.82, 2.24) is 19.8 Å². The number of furan rings is 1. The van der Waals surface area contributed by atoms with Gasteiger partial charge in [0, 0.05) is 27.9 Å².